The second-order valence-electron chi connectivity index (χ2n) is 5.37. The van der Waals surface area contributed by atoms with Crippen LogP contribution in [0.2, 0.25) is 0 Å². The third kappa shape index (κ3) is 4.11. The number of benzene rings is 1. The smallest absolute Gasteiger partial charge is 0.0208 e. The number of hydrogen-bond donors (Lipinski definition) is 2. The second kappa shape index (κ2) is 7.55. The number of unbranched alkanes of at least 4 members (excludes halogenated alkanes) is 1. The molecular formula is C16H26N2. The van der Waals surface area contributed by atoms with E-state index in [0.717, 1.165) is 19.0 Å². The lowest BCUT2D eigenvalue weighted by Gasteiger charge is -2.33. The molecule has 0 aromatic heterocycles. The Morgan fingerprint density at radius 2 is 2.11 bits per heavy atom. The molecule has 100 valence electrons. The molecule has 1 heterocycles. The van der Waals surface area contributed by atoms with Crippen molar-refractivity contribution >= 4 is 0 Å². The number of rotatable bonds is 6. The van der Waals surface area contributed by atoms with Gasteiger partial charge in [0.2, 0.25) is 0 Å². The summed E-state index contributed by atoms with van der Waals surface area (Å²) in [6, 6.07) is 11.4. The summed E-state index contributed by atoms with van der Waals surface area (Å²) in [5.41, 5.74) is 1.39. The summed E-state index contributed by atoms with van der Waals surface area (Å²) in [6.45, 7) is 5.64. The van der Waals surface area contributed by atoms with Gasteiger partial charge in [-0.05, 0) is 37.4 Å². The highest BCUT2D eigenvalue weighted by molar-refractivity contribution is 5.14. The molecule has 1 saturated heterocycles. The van der Waals surface area contributed by atoms with E-state index in [9.17, 15) is 0 Å². The Balaban J connectivity index is 1.81. The predicted molar refractivity (Wildman–Crippen MR) is 77.6 cm³/mol. The molecule has 1 aliphatic rings. The molecule has 0 radical (unpaired) electrons. The summed E-state index contributed by atoms with van der Waals surface area (Å²) in [5, 5.41) is 7.29. The number of nitrogens with one attached hydrogen (secondary N) is 2. The van der Waals surface area contributed by atoms with Crippen molar-refractivity contribution in [1.29, 1.82) is 0 Å². The van der Waals surface area contributed by atoms with Crippen molar-refractivity contribution in [2.24, 2.45) is 5.92 Å². The van der Waals surface area contributed by atoms with Crippen molar-refractivity contribution < 1.29 is 0 Å². The minimum Gasteiger partial charge on any atom is -0.316 e. The van der Waals surface area contributed by atoms with Crippen LogP contribution < -0.4 is 10.6 Å². The lowest BCUT2D eigenvalue weighted by Crippen LogP contribution is -2.47. The fourth-order valence-electron chi connectivity index (χ4n) is 2.81. The standard InChI is InChI=1S/C16H26N2/c1-2-3-9-15-13-17-11-10-16(15)18-12-14-7-5-4-6-8-14/h4-8,15-18H,2-3,9-13H2,1H3. The quantitative estimate of drug-likeness (QED) is 0.806. The Morgan fingerprint density at radius 1 is 1.28 bits per heavy atom. The SMILES string of the molecule is CCCCC1CNCCC1NCc1ccccc1. The van der Waals surface area contributed by atoms with Gasteiger partial charge in [-0.1, -0.05) is 50.1 Å². The van der Waals surface area contributed by atoms with Crippen LogP contribution in [0.3, 0.4) is 0 Å². The summed E-state index contributed by atoms with van der Waals surface area (Å²) in [6.07, 6.45) is 5.29. The van der Waals surface area contributed by atoms with Gasteiger partial charge in [0.15, 0.2) is 0 Å². The largest absolute Gasteiger partial charge is 0.316 e. The summed E-state index contributed by atoms with van der Waals surface area (Å²) < 4.78 is 0. The first kappa shape index (κ1) is 13.6. The van der Waals surface area contributed by atoms with Crippen LogP contribution in [0.1, 0.15) is 38.2 Å². The highest BCUT2D eigenvalue weighted by Crippen LogP contribution is 2.18. The zero-order chi connectivity index (χ0) is 12.6. The van der Waals surface area contributed by atoms with Crippen molar-refractivity contribution in [3.63, 3.8) is 0 Å². The molecule has 2 heteroatoms. The van der Waals surface area contributed by atoms with Crippen LogP contribution in [0.25, 0.3) is 0 Å². The van der Waals surface area contributed by atoms with E-state index in [1.807, 2.05) is 0 Å². The first-order valence-corrected chi connectivity index (χ1v) is 7.38. The molecule has 1 aromatic carbocycles. The molecule has 0 spiro atoms. The molecule has 2 unspecified atom stereocenters. The fraction of sp³-hybridized carbons (Fsp3) is 0.625. The van der Waals surface area contributed by atoms with E-state index < -0.39 is 0 Å². The topological polar surface area (TPSA) is 24.1 Å². The fourth-order valence-corrected chi connectivity index (χ4v) is 2.81. The van der Waals surface area contributed by atoms with Crippen LogP contribution in [-0.4, -0.2) is 19.1 Å². The Bertz CT molecular complexity index is 323. The minimum absolute atomic E-state index is 0.693. The van der Waals surface area contributed by atoms with Crippen LogP contribution in [0.4, 0.5) is 0 Å². The first-order valence-electron chi connectivity index (χ1n) is 7.38. The lowest BCUT2D eigenvalue weighted by atomic mass is 9.88. The summed E-state index contributed by atoms with van der Waals surface area (Å²) in [5.74, 6) is 0.808. The zero-order valence-electron chi connectivity index (χ0n) is 11.5. The lowest BCUT2D eigenvalue weighted by molar-refractivity contribution is 0.259. The number of hydrogen-bond acceptors (Lipinski definition) is 2. The van der Waals surface area contributed by atoms with Crippen LogP contribution in [0, 0.1) is 5.92 Å². The maximum absolute atomic E-state index is 3.76. The molecule has 0 saturated carbocycles. The van der Waals surface area contributed by atoms with Crippen LogP contribution in [0.15, 0.2) is 30.3 Å². The average molecular weight is 246 g/mol. The Kier molecular flexibility index (Phi) is 5.69. The molecule has 2 nitrogen and oxygen atoms in total. The summed E-state index contributed by atoms with van der Waals surface area (Å²) >= 11 is 0. The van der Waals surface area contributed by atoms with Crippen molar-refractivity contribution in [2.45, 2.75) is 45.2 Å². The van der Waals surface area contributed by atoms with E-state index in [-0.39, 0.29) is 0 Å². The summed E-state index contributed by atoms with van der Waals surface area (Å²) in [4.78, 5) is 0. The van der Waals surface area contributed by atoms with Gasteiger partial charge in [-0.15, -0.1) is 0 Å². The van der Waals surface area contributed by atoms with E-state index in [1.165, 1.54) is 37.8 Å². The van der Waals surface area contributed by atoms with E-state index in [0.29, 0.717) is 6.04 Å². The third-order valence-corrected chi connectivity index (χ3v) is 3.95. The Morgan fingerprint density at radius 3 is 2.89 bits per heavy atom. The van der Waals surface area contributed by atoms with Gasteiger partial charge in [-0.2, -0.15) is 0 Å². The first-order chi connectivity index (χ1) is 8.90. The molecular weight excluding hydrogens is 220 g/mol. The molecule has 2 atom stereocenters. The molecule has 1 aliphatic heterocycles. The van der Waals surface area contributed by atoms with Crippen LogP contribution in [-0.2, 0) is 6.54 Å². The van der Waals surface area contributed by atoms with Gasteiger partial charge in [-0.3, -0.25) is 0 Å². The normalized spacial score (nSPS) is 24.1. The molecule has 2 N–H and O–H groups in total. The molecule has 0 aliphatic carbocycles. The van der Waals surface area contributed by atoms with Gasteiger partial charge in [-0.25, -0.2) is 0 Å². The molecule has 18 heavy (non-hydrogen) atoms. The van der Waals surface area contributed by atoms with E-state index in [2.05, 4.69) is 47.9 Å². The average Bonchev–Trinajstić information content (AvgIpc) is 2.45. The summed E-state index contributed by atoms with van der Waals surface area (Å²) in [7, 11) is 0. The van der Waals surface area contributed by atoms with Gasteiger partial charge >= 0.3 is 0 Å². The van der Waals surface area contributed by atoms with Crippen LogP contribution >= 0.6 is 0 Å². The van der Waals surface area contributed by atoms with E-state index in [1.54, 1.807) is 0 Å². The van der Waals surface area contributed by atoms with Gasteiger partial charge < -0.3 is 10.6 Å². The van der Waals surface area contributed by atoms with Crippen molar-refractivity contribution in [3.8, 4) is 0 Å². The van der Waals surface area contributed by atoms with Crippen LogP contribution in [0.5, 0.6) is 0 Å². The second-order valence-corrected chi connectivity index (χ2v) is 5.37. The van der Waals surface area contributed by atoms with Crippen molar-refractivity contribution in [3.05, 3.63) is 35.9 Å². The monoisotopic (exact) mass is 246 g/mol. The van der Waals surface area contributed by atoms with E-state index in [4.69, 9.17) is 0 Å². The zero-order valence-corrected chi connectivity index (χ0v) is 11.5. The maximum atomic E-state index is 3.76. The Labute approximate surface area is 111 Å². The van der Waals surface area contributed by atoms with Gasteiger partial charge in [0.1, 0.15) is 0 Å². The Hall–Kier alpha value is -0.860. The highest BCUT2D eigenvalue weighted by atomic mass is 15.0. The minimum atomic E-state index is 0.693. The van der Waals surface area contributed by atoms with Gasteiger partial charge in [0.05, 0.1) is 0 Å². The third-order valence-electron chi connectivity index (χ3n) is 3.95. The molecule has 1 aromatic rings. The highest BCUT2D eigenvalue weighted by Gasteiger charge is 2.23. The number of piperidine rings is 1. The van der Waals surface area contributed by atoms with E-state index >= 15 is 0 Å². The predicted octanol–water partition coefficient (Wildman–Crippen LogP) is 2.94. The van der Waals surface area contributed by atoms with Crippen molar-refractivity contribution in [2.75, 3.05) is 13.1 Å². The molecule has 2 rings (SSSR count). The molecule has 0 bridgehead atoms. The molecule has 1 fully saturated rings. The maximum Gasteiger partial charge on any atom is 0.0208 e. The van der Waals surface area contributed by atoms with Crippen molar-refractivity contribution in [1.82, 2.24) is 10.6 Å². The molecule has 0 amide bonds. The van der Waals surface area contributed by atoms with Gasteiger partial charge in [0, 0.05) is 12.6 Å². The van der Waals surface area contributed by atoms with Gasteiger partial charge in [0.25, 0.3) is 0 Å².